The molecule has 0 aromatic heterocycles. The van der Waals surface area contributed by atoms with Gasteiger partial charge in [0.1, 0.15) is 0 Å². The van der Waals surface area contributed by atoms with Crippen LogP contribution in [0.1, 0.15) is 65.4 Å². The zero-order valence-corrected chi connectivity index (χ0v) is 11.8. The van der Waals surface area contributed by atoms with E-state index in [1.165, 1.54) is 5.56 Å². The first-order chi connectivity index (χ1) is 8.22. The Hall–Kier alpha value is -1.31. The molecule has 1 aromatic carbocycles. The molecule has 112 valence electrons. The SMILES string of the molecule is C.C.CC.CCc1ccc(C(=O)N(CC)CC)cc1. The molecule has 0 fully saturated rings. The standard InChI is InChI=1S/C13H19NO.C2H6.2CH4/c1-4-11-7-9-12(10-8-11)13(15)14(5-2)6-3;1-2;;/h7-10H,4-6H2,1-3H3;1-2H3;2*1H4. The Morgan fingerprint density at radius 3 is 1.68 bits per heavy atom. The lowest BCUT2D eigenvalue weighted by atomic mass is 10.1. The van der Waals surface area contributed by atoms with E-state index in [0.29, 0.717) is 0 Å². The predicted molar refractivity (Wildman–Crippen MR) is 87.9 cm³/mol. The van der Waals surface area contributed by atoms with Crippen LogP contribution >= 0.6 is 0 Å². The second-order valence-electron chi connectivity index (χ2n) is 3.53. The number of hydrogen-bond donors (Lipinski definition) is 0. The van der Waals surface area contributed by atoms with E-state index >= 15 is 0 Å². The summed E-state index contributed by atoms with van der Waals surface area (Å²) in [6.07, 6.45) is 1.01. The van der Waals surface area contributed by atoms with Gasteiger partial charge in [-0.05, 0) is 38.0 Å². The number of carbonyl (C=O) groups is 1. The van der Waals surface area contributed by atoms with Crippen LogP contribution in [0.25, 0.3) is 0 Å². The van der Waals surface area contributed by atoms with Gasteiger partial charge in [-0.15, -0.1) is 0 Å². The molecule has 0 spiro atoms. The number of amides is 1. The van der Waals surface area contributed by atoms with Crippen molar-refractivity contribution in [3.63, 3.8) is 0 Å². The molecule has 1 amide bonds. The minimum Gasteiger partial charge on any atom is -0.339 e. The highest BCUT2D eigenvalue weighted by Gasteiger charge is 2.11. The van der Waals surface area contributed by atoms with Crippen molar-refractivity contribution in [2.75, 3.05) is 13.1 Å². The van der Waals surface area contributed by atoms with Crippen LogP contribution in [0.5, 0.6) is 0 Å². The summed E-state index contributed by atoms with van der Waals surface area (Å²) in [6.45, 7) is 11.7. The van der Waals surface area contributed by atoms with Crippen LogP contribution < -0.4 is 0 Å². The smallest absolute Gasteiger partial charge is 0.253 e. The first kappa shape index (κ1) is 22.8. The quantitative estimate of drug-likeness (QED) is 0.749. The van der Waals surface area contributed by atoms with Gasteiger partial charge in [-0.25, -0.2) is 0 Å². The molecule has 0 radical (unpaired) electrons. The van der Waals surface area contributed by atoms with Crippen molar-refractivity contribution in [2.45, 2.75) is 55.9 Å². The molecular weight excluding hydrogens is 234 g/mol. The van der Waals surface area contributed by atoms with Gasteiger partial charge >= 0.3 is 0 Å². The molecular formula is C17H33NO. The molecule has 0 heterocycles. The normalized spacial score (nSPS) is 8.26. The van der Waals surface area contributed by atoms with Crippen molar-refractivity contribution < 1.29 is 4.79 Å². The van der Waals surface area contributed by atoms with Gasteiger partial charge in [-0.1, -0.05) is 47.8 Å². The summed E-state index contributed by atoms with van der Waals surface area (Å²) >= 11 is 0. The molecule has 0 bridgehead atoms. The fourth-order valence-corrected chi connectivity index (χ4v) is 1.58. The average Bonchev–Trinajstić information content (AvgIpc) is 2.42. The average molecular weight is 267 g/mol. The Morgan fingerprint density at radius 2 is 1.37 bits per heavy atom. The Morgan fingerprint density at radius 1 is 0.947 bits per heavy atom. The summed E-state index contributed by atoms with van der Waals surface area (Å²) in [4.78, 5) is 13.8. The van der Waals surface area contributed by atoms with E-state index in [4.69, 9.17) is 0 Å². The number of carbonyl (C=O) groups excluding carboxylic acids is 1. The molecule has 0 N–H and O–H groups in total. The zero-order valence-electron chi connectivity index (χ0n) is 11.8. The number of hydrogen-bond acceptors (Lipinski definition) is 1. The fraction of sp³-hybridized carbons (Fsp3) is 0.588. The lowest BCUT2D eigenvalue weighted by molar-refractivity contribution is 0.0773. The maximum absolute atomic E-state index is 11.9. The fourth-order valence-electron chi connectivity index (χ4n) is 1.58. The molecule has 0 unspecified atom stereocenters. The van der Waals surface area contributed by atoms with Gasteiger partial charge in [-0.2, -0.15) is 0 Å². The predicted octanol–water partition coefficient (Wildman–Crippen LogP) is 5.03. The van der Waals surface area contributed by atoms with Gasteiger partial charge < -0.3 is 4.90 Å². The molecule has 0 aliphatic heterocycles. The van der Waals surface area contributed by atoms with Gasteiger partial charge in [0, 0.05) is 18.7 Å². The highest BCUT2D eigenvalue weighted by molar-refractivity contribution is 5.94. The maximum Gasteiger partial charge on any atom is 0.253 e. The topological polar surface area (TPSA) is 20.3 Å². The molecule has 19 heavy (non-hydrogen) atoms. The third-order valence-electron chi connectivity index (χ3n) is 2.66. The highest BCUT2D eigenvalue weighted by atomic mass is 16.2. The van der Waals surface area contributed by atoms with E-state index in [2.05, 4.69) is 6.92 Å². The number of benzene rings is 1. The molecule has 0 saturated heterocycles. The van der Waals surface area contributed by atoms with Crippen molar-refractivity contribution in [3.05, 3.63) is 35.4 Å². The Bertz CT molecular complexity index is 313. The molecule has 0 aliphatic carbocycles. The first-order valence-electron chi connectivity index (χ1n) is 6.61. The zero-order chi connectivity index (χ0) is 13.3. The minimum absolute atomic E-state index is 0. The number of rotatable bonds is 4. The molecule has 2 nitrogen and oxygen atoms in total. The number of aryl methyl sites for hydroxylation is 1. The Labute approximate surface area is 120 Å². The van der Waals surface area contributed by atoms with Crippen LogP contribution in [0.3, 0.4) is 0 Å². The van der Waals surface area contributed by atoms with Gasteiger partial charge in [-0.3, -0.25) is 4.79 Å². The third kappa shape index (κ3) is 7.00. The van der Waals surface area contributed by atoms with Gasteiger partial charge in [0.05, 0.1) is 0 Å². The first-order valence-corrected chi connectivity index (χ1v) is 6.61. The van der Waals surface area contributed by atoms with Gasteiger partial charge in [0.2, 0.25) is 0 Å². The summed E-state index contributed by atoms with van der Waals surface area (Å²) in [5.41, 5.74) is 2.06. The summed E-state index contributed by atoms with van der Waals surface area (Å²) < 4.78 is 0. The summed E-state index contributed by atoms with van der Waals surface area (Å²) in [5.74, 6) is 0.127. The largest absolute Gasteiger partial charge is 0.339 e. The second kappa shape index (κ2) is 13.1. The molecule has 0 aliphatic rings. The third-order valence-corrected chi connectivity index (χ3v) is 2.66. The Kier molecular flexibility index (Phi) is 15.8. The summed E-state index contributed by atoms with van der Waals surface area (Å²) in [6, 6.07) is 7.88. The molecule has 0 atom stereocenters. The van der Waals surface area contributed by atoms with E-state index in [9.17, 15) is 4.79 Å². The van der Waals surface area contributed by atoms with Crippen LogP contribution in [-0.2, 0) is 6.42 Å². The number of nitrogens with zero attached hydrogens (tertiary/aromatic N) is 1. The van der Waals surface area contributed by atoms with Crippen LogP contribution in [0.15, 0.2) is 24.3 Å². The molecule has 0 saturated carbocycles. The van der Waals surface area contributed by atoms with Crippen LogP contribution in [0, 0.1) is 0 Å². The van der Waals surface area contributed by atoms with Crippen molar-refractivity contribution in [3.8, 4) is 0 Å². The molecule has 1 aromatic rings. The van der Waals surface area contributed by atoms with E-state index in [1.807, 2.05) is 56.9 Å². The van der Waals surface area contributed by atoms with Crippen molar-refractivity contribution in [2.24, 2.45) is 0 Å². The van der Waals surface area contributed by atoms with E-state index in [0.717, 1.165) is 25.1 Å². The van der Waals surface area contributed by atoms with Gasteiger partial charge in [0.25, 0.3) is 5.91 Å². The van der Waals surface area contributed by atoms with Crippen LogP contribution in [-0.4, -0.2) is 23.9 Å². The van der Waals surface area contributed by atoms with E-state index in [-0.39, 0.29) is 20.8 Å². The molecule has 1 rings (SSSR count). The second-order valence-corrected chi connectivity index (χ2v) is 3.53. The summed E-state index contributed by atoms with van der Waals surface area (Å²) in [5, 5.41) is 0. The summed E-state index contributed by atoms with van der Waals surface area (Å²) in [7, 11) is 0. The van der Waals surface area contributed by atoms with Gasteiger partial charge in [0.15, 0.2) is 0 Å². The van der Waals surface area contributed by atoms with E-state index < -0.39 is 0 Å². The van der Waals surface area contributed by atoms with Crippen molar-refractivity contribution >= 4 is 5.91 Å². The monoisotopic (exact) mass is 267 g/mol. The van der Waals surface area contributed by atoms with Crippen molar-refractivity contribution in [1.29, 1.82) is 0 Å². The Balaban J connectivity index is -0.000000609. The lowest BCUT2D eigenvalue weighted by Gasteiger charge is -2.18. The lowest BCUT2D eigenvalue weighted by Crippen LogP contribution is -2.30. The highest BCUT2D eigenvalue weighted by Crippen LogP contribution is 2.08. The maximum atomic E-state index is 11.9. The minimum atomic E-state index is 0. The molecule has 2 heteroatoms. The van der Waals surface area contributed by atoms with Crippen LogP contribution in [0.4, 0.5) is 0 Å². The van der Waals surface area contributed by atoms with E-state index in [1.54, 1.807) is 0 Å². The van der Waals surface area contributed by atoms with Crippen molar-refractivity contribution in [1.82, 2.24) is 4.90 Å². The van der Waals surface area contributed by atoms with Crippen LogP contribution in [0.2, 0.25) is 0 Å².